The van der Waals surface area contributed by atoms with Crippen LogP contribution in [0.1, 0.15) is 19.8 Å². The Bertz CT molecular complexity index is 445. The van der Waals surface area contributed by atoms with Crippen molar-refractivity contribution in [2.45, 2.75) is 19.8 Å². The molecule has 1 unspecified atom stereocenters. The van der Waals surface area contributed by atoms with Crippen LogP contribution in [0, 0.1) is 5.41 Å². The minimum absolute atomic E-state index is 0.0498. The summed E-state index contributed by atoms with van der Waals surface area (Å²) in [4.78, 5) is 21.9. The van der Waals surface area contributed by atoms with Crippen LogP contribution in [0.25, 0.3) is 0 Å². The van der Waals surface area contributed by atoms with Gasteiger partial charge < -0.3 is 9.84 Å². The van der Waals surface area contributed by atoms with Gasteiger partial charge in [0.25, 0.3) is 0 Å². The average Bonchev–Trinajstić information content (AvgIpc) is 2.71. The molecule has 7 nitrogen and oxygen atoms in total. The third kappa shape index (κ3) is 3.20. The molecule has 1 rings (SSSR count). The van der Waals surface area contributed by atoms with Crippen LogP contribution in [0.2, 0.25) is 0 Å². The van der Waals surface area contributed by atoms with Crippen LogP contribution in [0.3, 0.4) is 0 Å². The number of ether oxygens (including phenoxy) is 1. The minimum Gasteiger partial charge on any atom is -0.481 e. The van der Waals surface area contributed by atoms with Gasteiger partial charge in [-0.15, -0.1) is 0 Å². The lowest BCUT2D eigenvalue weighted by molar-refractivity contribution is -0.147. The molecule has 1 fully saturated rings. The van der Waals surface area contributed by atoms with Gasteiger partial charge >= 0.3 is 11.9 Å². The fraction of sp³-hybridized carbons (Fsp3) is 0.800. The summed E-state index contributed by atoms with van der Waals surface area (Å²) >= 11 is 0. The zero-order valence-corrected chi connectivity index (χ0v) is 11.2. The molecular weight excluding hydrogens is 262 g/mol. The lowest BCUT2D eigenvalue weighted by Crippen LogP contribution is -2.36. The number of rotatable bonds is 5. The molecule has 1 atom stereocenters. The standard InChI is InChI=1S/C10H17NO6S/c1-10(9(13)14)4-5-11(7-10)18(15,16)6-3-8(12)17-2/h3-7H2,1-2H3,(H,13,14). The summed E-state index contributed by atoms with van der Waals surface area (Å²) in [5.74, 6) is -1.96. The van der Waals surface area contributed by atoms with Gasteiger partial charge in [-0.1, -0.05) is 0 Å². The van der Waals surface area contributed by atoms with Crippen molar-refractivity contribution in [2.24, 2.45) is 5.41 Å². The highest BCUT2D eigenvalue weighted by Gasteiger charge is 2.44. The average molecular weight is 279 g/mol. The Labute approximate surface area is 106 Å². The van der Waals surface area contributed by atoms with Crippen LogP contribution in [0.15, 0.2) is 0 Å². The van der Waals surface area contributed by atoms with Gasteiger partial charge in [-0.25, -0.2) is 12.7 Å². The second kappa shape index (κ2) is 5.23. The predicted molar refractivity (Wildman–Crippen MR) is 62.4 cm³/mol. The van der Waals surface area contributed by atoms with Crippen molar-refractivity contribution in [1.29, 1.82) is 0 Å². The molecule has 0 aliphatic carbocycles. The zero-order chi connectivity index (χ0) is 14.0. The van der Waals surface area contributed by atoms with Gasteiger partial charge in [0.05, 0.1) is 24.7 Å². The topological polar surface area (TPSA) is 101 Å². The first-order valence-electron chi connectivity index (χ1n) is 5.49. The van der Waals surface area contributed by atoms with Crippen LogP contribution in [-0.2, 0) is 24.3 Å². The number of sulfonamides is 1. The van der Waals surface area contributed by atoms with E-state index in [1.807, 2.05) is 0 Å². The molecule has 1 N–H and O–H groups in total. The summed E-state index contributed by atoms with van der Waals surface area (Å²) in [6, 6.07) is 0. The lowest BCUT2D eigenvalue weighted by Gasteiger charge is -2.19. The van der Waals surface area contributed by atoms with Crippen molar-refractivity contribution < 1.29 is 27.9 Å². The van der Waals surface area contributed by atoms with E-state index in [0.717, 1.165) is 4.31 Å². The number of aliphatic carboxylic acids is 1. The molecule has 0 aromatic carbocycles. The molecule has 1 saturated heterocycles. The first-order chi connectivity index (χ1) is 8.21. The lowest BCUT2D eigenvalue weighted by atomic mass is 9.90. The normalized spacial score (nSPS) is 25.0. The third-order valence-electron chi connectivity index (χ3n) is 3.14. The van der Waals surface area contributed by atoms with Gasteiger partial charge in [-0.3, -0.25) is 9.59 Å². The summed E-state index contributed by atoms with van der Waals surface area (Å²) in [7, 11) is -2.41. The molecule has 0 saturated carbocycles. The highest BCUT2D eigenvalue weighted by molar-refractivity contribution is 7.89. The summed E-state index contributed by atoms with van der Waals surface area (Å²) in [6.07, 6.45) is 0.0545. The van der Waals surface area contributed by atoms with Crippen LogP contribution in [0.4, 0.5) is 0 Å². The van der Waals surface area contributed by atoms with Crippen molar-refractivity contribution in [2.75, 3.05) is 26.0 Å². The molecule has 0 bridgehead atoms. The van der Waals surface area contributed by atoms with Crippen molar-refractivity contribution in [3.05, 3.63) is 0 Å². The maximum atomic E-state index is 11.9. The van der Waals surface area contributed by atoms with Crippen LogP contribution in [-0.4, -0.2) is 55.7 Å². The third-order valence-corrected chi connectivity index (χ3v) is 4.96. The Balaban J connectivity index is 2.66. The van der Waals surface area contributed by atoms with E-state index < -0.39 is 27.4 Å². The van der Waals surface area contributed by atoms with Gasteiger partial charge in [-0.05, 0) is 13.3 Å². The molecular formula is C10H17NO6S. The van der Waals surface area contributed by atoms with Gasteiger partial charge in [0.2, 0.25) is 10.0 Å². The van der Waals surface area contributed by atoms with E-state index in [1.54, 1.807) is 0 Å². The number of carbonyl (C=O) groups excluding carboxylic acids is 1. The zero-order valence-electron chi connectivity index (χ0n) is 10.4. The molecule has 1 heterocycles. The molecule has 0 amide bonds. The van der Waals surface area contributed by atoms with Crippen LogP contribution in [0.5, 0.6) is 0 Å². The Hall–Kier alpha value is -1.15. The maximum Gasteiger partial charge on any atom is 0.310 e. The van der Waals surface area contributed by atoms with E-state index >= 15 is 0 Å². The molecule has 1 aliphatic rings. The number of carbonyl (C=O) groups is 2. The second-order valence-corrected chi connectivity index (χ2v) is 6.68. The number of esters is 1. The smallest absolute Gasteiger partial charge is 0.310 e. The Kier molecular flexibility index (Phi) is 4.33. The summed E-state index contributed by atoms with van der Waals surface area (Å²) in [6.45, 7) is 1.64. The van der Waals surface area contributed by atoms with Crippen molar-refractivity contribution >= 4 is 22.0 Å². The van der Waals surface area contributed by atoms with Crippen molar-refractivity contribution in [3.8, 4) is 0 Å². The Morgan fingerprint density at radius 3 is 2.50 bits per heavy atom. The maximum absolute atomic E-state index is 11.9. The summed E-state index contributed by atoms with van der Waals surface area (Å²) < 4.78 is 29.3. The summed E-state index contributed by atoms with van der Waals surface area (Å²) in [5, 5.41) is 9.02. The fourth-order valence-corrected chi connectivity index (χ4v) is 3.31. The fourth-order valence-electron chi connectivity index (χ4n) is 1.77. The first kappa shape index (κ1) is 14.9. The molecule has 0 aromatic heterocycles. The Morgan fingerprint density at radius 1 is 1.44 bits per heavy atom. The molecule has 8 heteroatoms. The van der Waals surface area contributed by atoms with Gasteiger partial charge in [0.1, 0.15) is 0 Å². The largest absolute Gasteiger partial charge is 0.481 e. The Morgan fingerprint density at radius 2 is 2.06 bits per heavy atom. The van der Waals surface area contributed by atoms with E-state index in [0.29, 0.717) is 0 Å². The highest BCUT2D eigenvalue weighted by Crippen LogP contribution is 2.31. The number of nitrogens with zero attached hydrogens (tertiary/aromatic N) is 1. The van der Waals surface area contributed by atoms with Gasteiger partial charge in [0.15, 0.2) is 0 Å². The van der Waals surface area contributed by atoms with Crippen molar-refractivity contribution in [1.82, 2.24) is 4.31 Å². The van der Waals surface area contributed by atoms with Crippen LogP contribution >= 0.6 is 0 Å². The first-order valence-corrected chi connectivity index (χ1v) is 7.10. The predicted octanol–water partition coefficient (Wildman–Crippen LogP) is -0.324. The van der Waals surface area contributed by atoms with E-state index in [4.69, 9.17) is 5.11 Å². The van der Waals surface area contributed by atoms with Gasteiger partial charge in [-0.2, -0.15) is 0 Å². The number of carboxylic acids is 1. The van der Waals surface area contributed by atoms with Gasteiger partial charge in [0, 0.05) is 13.1 Å². The SMILES string of the molecule is COC(=O)CCS(=O)(=O)N1CCC(C)(C(=O)O)C1. The minimum atomic E-state index is -3.60. The second-order valence-electron chi connectivity index (χ2n) is 4.59. The van der Waals surface area contributed by atoms with E-state index in [9.17, 15) is 18.0 Å². The molecule has 0 radical (unpaired) electrons. The number of hydrogen-bond acceptors (Lipinski definition) is 5. The monoisotopic (exact) mass is 279 g/mol. The van der Waals surface area contributed by atoms with E-state index in [2.05, 4.69) is 4.74 Å². The highest BCUT2D eigenvalue weighted by atomic mass is 32.2. The number of carboxylic acid groups (broad SMARTS) is 1. The van der Waals surface area contributed by atoms with Crippen LogP contribution < -0.4 is 0 Å². The molecule has 0 aromatic rings. The number of methoxy groups -OCH3 is 1. The molecule has 0 spiro atoms. The quantitative estimate of drug-likeness (QED) is 0.692. The molecule has 18 heavy (non-hydrogen) atoms. The molecule has 1 aliphatic heterocycles. The number of hydrogen-bond donors (Lipinski definition) is 1. The van der Waals surface area contributed by atoms with E-state index in [-0.39, 0.29) is 31.7 Å². The van der Waals surface area contributed by atoms with E-state index in [1.165, 1.54) is 14.0 Å². The molecule has 104 valence electrons. The summed E-state index contributed by atoms with van der Waals surface area (Å²) in [5.41, 5.74) is -1.04. The van der Waals surface area contributed by atoms with Crippen molar-refractivity contribution in [3.63, 3.8) is 0 Å².